The van der Waals surface area contributed by atoms with E-state index in [1.807, 2.05) is 12.1 Å². The number of carboxylic acid groups (broad SMARTS) is 2. The number of aliphatic carboxylic acids is 2. The van der Waals surface area contributed by atoms with Gasteiger partial charge in [0.1, 0.15) is 22.4 Å². The summed E-state index contributed by atoms with van der Waals surface area (Å²) in [6.45, 7) is 0.297. The summed E-state index contributed by atoms with van der Waals surface area (Å²) in [5.74, 6) is -2.07. The Balaban J connectivity index is 1.20. The SMILES string of the molecule is COc1nc(O[C@@H]2c3cccc(-c4cccc5c4C[C@@H](F)[C@@H]5Oc4nc(OC)c(CNC[C@@H](O)CC(=O)O)cc4Cl)c3C[C@H]2F)c(Cl)cc1CNC[C@@H](O)CC(=O)O. The van der Waals surface area contributed by atoms with Gasteiger partial charge < -0.3 is 50.0 Å². The molecule has 0 amide bonds. The monoisotopic (exact) mass is 846 g/mol. The van der Waals surface area contributed by atoms with Crippen LogP contribution in [0.5, 0.6) is 23.5 Å². The van der Waals surface area contributed by atoms with Gasteiger partial charge in [0.15, 0.2) is 12.2 Å². The zero-order chi connectivity index (χ0) is 41.7. The van der Waals surface area contributed by atoms with Crippen LogP contribution in [0.1, 0.15) is 58.4 Å². The fourth-order valence-corrected chi connectivity index (χ4v) is 7.70. The third kappa shape index (κ3) is 9.71. The molecular weight excluding hydrogens is 805 g/mol. The van der Waals surface area contributed by atoms with Gasteiger partial charge in [0.25, 0.3) is 0 Å². The van der Waals surface area contributed by atoms with E-state index in [0.717, 1.165) is 0 Å². The number of nitrogens with zero attached hydrogens (tertiary/aromatic N) is 2. The summed E-state index contributed by atoms with van der Waals surface area (Å²) >= 11 is 13.1. The standard InChI is InChI=1S/C40H42Cl2F2N4O10/c1-55-37-19(15-45-17-21(49)11-33(51)52)9-29(41)39(47-37)57-35-25-7-3-5-23(27(25)13-31(35)43)24-6-4-8-26-28(24)14-32(44)36(26)58-40-30(42)10-20(38(48-40)56-2)16-46-18-22(50)12-34(53)54/h3-10,21-22,31-32,35-36,45-46,49-50H,11-18H2,1-2H3,(H,51,52)(H,53,54)/t21-,22-,31+,32+,35+,36+/m0/s1. The molecule has 2 aliphatic rings. The minimum Gasteiger partial charge on any atom is -0.481 e. The highest BCUT2D eigenvalue weighted by atomic mass is 35.5. The Morgan fingerprint density at radius 3 is 1.48 bits per heavy atom. The Morgan fingerprint density at radius 2 is 1.12 bits per heavy atom. The number of hydrogen-bond acceptors (Lipinski definition) is 12. The Bertz CT molecular complexity index is 2000. The van der Waals surface area contributed by atoms with E-state index in [2.05, 4.69) is 20.6 Å². The maximum atomic E-state index is 16.0. The number of carbonyl (C=O) groups is 2. The van der Waals surface area contributed by atoms with Crippen molar-refractivity contribution in [3.63, 3.8) is 0 Å². The minimum atomic E-state index is -1.48. The van der Waals surface area contributed by atoms with Crippen LogP contribution in [-0.4, -0.2) is 94.2 Å². The maximum Gasteiger partial charge on any atom is 0.306 e. The van der Waals surface area contributed by atoms with Crippen molar-refractivity contribution in [3.8, 4) is 34.6 Å². The molecule has 0 saturated heterocycles. The highest BCUT2D eigenvalue weighted by molar-refractivity contribution is 6.32. The van der Waals surface area contributed by atoms with E-state index in [1.165, 1.54) is 14.2 Å². The summed E-state index contributed by atoms with van der Waals surface area (Å²) in [7, 11) is 2.79. The van der Waals surface area contributed by atoms with E-state index >= 15 is 8.78 Å². The van der Waals surface area contributed by atoms with E-state index in [1.54, 1.807) is 36.4 Å². The van der Waals surface area contributed by atoms with Crippen LogP contribution in [0.4, 0.5) is 8.78 Å². The van der Waals surface area contributed by atoms with Gasteiger partial charge in [0.05, 0.1) is 39.3 Å². The lowest BCUT2D eigenvalue weighted by Crippen LogP contribution is -2.28. The molecule has 0 saturated carbocycles. The van der Waals surface area contributed by atoms with E-state index in [0.29, 0.717) is 44.5 Å². The highest BCUT2D eigenvalue weighted by Crippen LogP contribution is 2.47. The molecule has 2 heterocycles. The first-order chi connectivity index (χ1) is 27.8. The number of methoxy groups -OCH3 is 2. The van der Waals surface area contributed by atoms with Crippen LogP contribution in [0.3, 0.4) is 0 Å². The minimum absolute atomic E-state index is 0.00146. The van der Waals surface area contributed by atoms with Crippen LogP contribution >= 0.6 is 23.2 Å². The number of benzene rings is 2. The predicted octanol–water partition coefficient (Wildman–Crippen LogP) is 5.35. The lowest BCUT2D eigenvalue weighted by atomic mass is 9.91. The van der Waals surface area contributed by atoms with Crippen LogP contribution in [0.2, 0.25) is 10.0 Å². The van der Waals surface area contributed by atoms with Crippen molar-refractivity contribution in [3.05, 3.63) is 92.0 Å². The zero-order valence-corrected chi connectivity index (χ0v) is 32.9. The summed E-state index contributed by atoms with van der Waals surface area (Å²) in [6, 6.07) is 13.9. The smallest absolute Gasteiger partial charge is 0.306 e. The molecule has 0 radical (unpaired) electrons. The summed E-state index contributed by atoms with van der Waals surface area (Å²) in [5, 5.41) is 43.5. The number of hydrogen-bond donors (Lipinski definition) is 6. The molecule has 2 aliphatic carbocycles. The molecule has 0 unspecified atom stereocenters. The van der Waals surface area contributed by atoms with Crippen molar-refractivity contribution < 1.29 is 57.7 Å². The molecule has 6 N–H and O–H groups in total. The lowest BCUT2D eigenvalue weighted by Gasteiger charge is -2.20. The van der Waals surface area contributed by atoms with Crippen LogP contribution < -0.4 is 29.6 Å². The summed E-state index contributed by atoms with van der Waals surface area (Å²) in [6.07, 6.45) is -8.13. The highest BCUT2D eigenvalue weighted by Gasteiger charge is 2.40. The van der Waals surface area contributed by atoms with Crippen LogP contribution in [0.25, 0.3) is 11.1 Å². The van der Waals surface area contributed by atoms with Gasteiger partial charge in [-0.1, -0.05) is 59.6 Å². The Labute approximate surface area is 342 Å². The largest absolute Gasteiger partial charge is 0.481 e. The van der Waals surface area contributed by atoms with Crippen molar-refractivity contribution in [1.82, 2.24) is 20.6 Å². The first-order valence-corrected chi connectivity index (χ1v) is 19.1. The number of nitrogens with one attached hydrogen (secondary N) is 2. The van der Waals surface area contributed by atoms with E-state index in [9.17, 15) is 19.8 Å². The number of carboxylic acids is 2. The normalized spacial score (nSPS) is 19.2. The number of alkyl halides is 2. The number of halogens is 4. The van der Waals surface area contributed by atoms with E-state index in [4.69, 9.17) is 52.4 Å². The predicted molar refractivity (Wildman–Crippen MR) is 207 cm³/mol. The number of aliphatic hydroxyl groups is 2. The third-order valence-electron chi connectivity index (χ3n) is 9.82. The van der Waals surface area contributed by atoms with Crippen molar-refractivity contribution in [2.24, 2.45) is 0 Å². The average Bonchev–Trinajstić information content (AvgIpc) is 3.66. The molecule has 58 heavy (non-hydrogen) atoms. The molecule has 0 spiro atoms. The molecule has 2 aromatic carbocycles. The Hall–Kier alpha value is -4.84. The molecule has 0 aliphatic heterocycles. The summed E-state index contributed by atoms with van der Waals surface area (Å²) < 4.78 is 55.0. The zero-order valence-electron chi connectivity index (χ0n) is 31.4. The van der Waals surface area contributed by atoms with Gasteiger partial charge in [0, 0.05) is 50.1 Å². The molecule has 6 atom stereocenters. The number of fused-ring (bicyclic) bond motifs is 2. The summed E-state index contributed by atoms with van der Waals surface area (Å²) in [4.78, 5) is 30.5. The van der Waals surface area contributed by atoms with Gasteiger partial charge in [-0.05, 0) is 45.5 Å². The number of rotatable bonds is 19. The van der Waals surface area contributed by atoms with E-state index in [-0.39, 0.29) is 72.6 Å². The molecular formula is C40H42Cl2F2N4O10. The second kappa shape index (κ2) is 18.8. The van der Waals surface area contributed by atoms with Gasteiger partial charge in [-0.3, -0.25) is 9.59 Å². The summed E-state index contributed by atoms with van der Waals surface area (Å²) in [5.41, 5.74) is 4.97. The third-order valence-corrected chi connectivity index (χ3v) is 10.4. The van der Waals surface area contributed by atoms with Gasteiger partial charge in [-0.15, -0.1) is 0 Å². The fraction of sp³-hybridized carbons (Fsp3) is 0.400. The second-order valence-electron chi connectivity index (χ2n) is 13.9. The van der Waals surface area contributed by atoms with Gasteiger partial charge in [0.2, 0.25) is 23.5 Å². The molecule has 0 bridgehead atoms. The molecule has 6 rings (SSSR count). The molecule has 2 aromatic heterocycles. The second-order valence-corrected chi connectivity index (χ2v) is 14.7. The van der Waals surface area contributed by atoms with Crippen LogP contribution in [0, 0.1) is 0 Å². The van der Waals surface area contributed by atoms with Crippen LogP contribution in [-0.2, 0) is 35.5 Å². The van der Waals surface area contributed by atoms with Crippen molar-refractivity contribution in [2.75, 3.05) is 27.3 Å². The number of aliphatic hydroxyl groups excluding tert-OH is 2. The Kier molecular flexibility index (Phi) is 13.9. The lowest BCUT2D eigenvalue weighted by molar-refractivity contribution is -0.140. The molecule has 4 aromatic rings. The topological polar surface area (TPSA) is 202 Å². The van der Waals surface area contributed by atoms with Crippen molar-refractivity contribution in [1.29, 1.82) is 0 Å². The number of pyridine rings is 2. The Morgan fingerprint density at radius 1 is 0.724 bits per heavy atom. The average molecular weight is 848 g/mol. The van der Waals surface area contributed by atoms with Gasteiger partial charge in [-0.2, -0.15) is 9.97 Å². The number of ether oxygens (including phenoxy) is 4. The molecule has 0 fully saturated rings. The molecule has 310 valence electrons. The van der Waals surface area contributed by atoms with Gasteiger partial charge >= 0.3 is 11.9 Å². The van der Waals surface area contributed by atoms with Gasteiger partial charge in [-0.25, -0.2) is 8.78 Å². The molecule has 18 heteroatoms. The quantitative estimate of drug-likeness (QED) is 0.0706. The van der Waals surface area contributed by atoms with Crippen molar-refractivity contribution in [2.45, 2.75) is 75.5 Å². The maximum absolute atomic E-state index is 16.0. The van der Waals surface area contributed by atoms with E-state index < -0.39 is 61.5 Å². The molecule has 14 nitrogen and oxygen atoms in total. The number of aromatic nitrogens is 2. The first kappa shape index (κ1) is 42.8. The van der Waals surface area contributed by atoms with Crippen molar-refractivity contribution >= 4 is 35.1 Å². The fourth-order valence-electron chi connectivity index (χ4n) is 7.27. The first-order valence-electron chi connectivity index (χ1n) is 18.3. The van der Waals surface area contributed by atoms with Crippen LogP contribution in [0.15, 0.2) is 48.5 Å².